The van der Waals surface area contributed by atoms with Crippen molar-refractivity contribution in [1.82, 2.24) is 4.98 Å². The quantitative estimate of drug-likeness (QED) is 0.933. The Balaban J connectivity index is 2.15. The number of nitrogens with two attached hydrogens (primary N) is 1. The number of halogens is 1. The normalized spacial score (nSPS) is 13.3. The smallest absolute Gasteiger partial charge is 0.0420 e. The number of nitrogens with zero attached hydrogens (tertiary/aromatic N) is 1. The van der Waals surface area contributed by atoms with Crippen LogP contribution in [0.15, 0.2) is 53.1 Å². The van der Waals surface area contributed by atoms with Crippen molar-refractivity contribution in [2.24, 2.45) is 5.73 Å². The summed E-state index contributed by atoms with van der Waals surface area (Å²) in [6.07, 6.45) is 2.59. The second-order valence-corrected chi connectivity index (χ2v) is 6.28. The summed E-state index contributed by atoms with van der Waals surface area (Å²) < 4.78 is 0.993. The topological polar surface area (TPSA) is 38.9 Å². The summed E-state index contributed by atoms with van der Waals surface area (Å²) in [5, 5.41) is 0. The molecule has 1 aromatic carbocycles. The third-order valence-electron chi connectivity index (χ3n) is 3.66. The summed E-state index contributed by atoms with van der Waals surface area (Å²) in [5.41, 5.74) is 8.62. The lowest BCUT2D eigenvalue weighted by atomic mass is 9.76. The predicted octanol–water partition coefficient (Wildman–Crippen LogP) is 3.69. The SMILES string of the molecule is CC(C)(c1ccccc1)C(N)Cc1ccc(Br)cn1. The maximum absolute atomic E-state index is 6.40. The van der Waals surface area contributed by atoms with Gasteiger partial charge in [0.15, 0.2) is 0 Å². The van der Waals surface area contributed by atoms with Crippen LogP contribution >= 0.6 is 15.9 Å². The van der Waals surface area contributed by atoms with Crippen molar-refractivity contribution in [3.63, 3.8) is 0 Å². The maximum Gasteiger partial charge on any atom is 0.0420 e. The average molecular weight is 319 g/mol. The van der Waals surface area contributed by atoms with Gasteiger partial charge < -0.3 is 5.73 Å². The monoisotopic (exact) mass is 318 g/mol. The molecule has 0 spiro atoms. The Morgan fingerprint density at radius 2 is 1.84 bits per heavy atom. The van der Waals surface area contributed by atoms with Crippen LogP contribution < -0.4 is 5.73 Å². The predicted molar refractivity (Wildman–Crippen MR) is 83.1 cm³/mol. The van der Waals surface area contributed by atoms with Crippen molar-refractivity contribution in [1.29, 1.82) is 0 Å². The molecule has 2 rings (SSSR count). The Morgan fingerprint density at radius 1 is 1.16 bits per heavy atom. The minimum absolute atomic E-state index is 0.0311. The first-order valence-electron chi connectivity index (χ1n) is 6.41. The third kappa shape index (κ3) is 3.43. The number of hydrogen-bond donors (Lipinski definition) is 1. The van der Waals surface area contributed by atoms with E-state index in [1.165, 1.54) is 5.56 Å². The molecule has 100 valence electrons. The summed E-state index contributed by atoms with van der Waals surface area (Å²) in [5.74, 6) is 0. The number of rotatable bonds is 4. The minimum Gasteiger partial charge on any atom is -0.327 e. The third-order valence-corrected chi connectivity index (χ3v) is 4.13. The molecule has 0 fully saturated rings. The van der Waals surface area contributed by atoms with Crippen molar-refractivity contribution in [2.45, 2.75) is 31.7 Å². The fraction of sp³-hybridized carbons (Fsp3) is 0.312. The van der Waals surface area contributed by atoms with E-state index in [0.29, 0.717) is 0 Å². The van der Waals surface area contributed by atoms with Crippen LogP contribution in [0.25, 0.3) is 0 Å². The molecule has 1 unspecified atom stereocenters. The van der Waals surface area contributed by atoms with Gasteiger partial charge in [0, 0.05) is 34.2 Å². The van der Waals surface area contributed by atoms with E-state index >= 15 is 0 Å². The second-order valence-electron chi connectivity index (χ2n) is 5.37. The molecule has 1 heterocycles. The van der Waals surface area contributed by atoms with Gasteiger partial charge in [0.2, 0.25) is 0 Å². The summed E-state index contributed by atoms with van der Waals surface area (Å²) in [7, 11) is 0. The molecule has 2 nitrogen and oxygen atoms in total. The zero-order valence-electron chi connectivity index (χ0n) is 11.3. The first-order chi connectivity index (χ1) is 9.00. The van der Waals surface area contributed by atoms with Gasteiger partial charge in [0.25, 0.3) is 0 Å². The van der Waals surface area contributed by atoms with Gasteiger partial charge in [-0.05, 0) is 33.6 Å². The molecular weight excluding hydrogens is 300 g/mol. The highest BCUT2D eigenvalue weighted by molar-refractivity contribution is 9.10. The highest BCUT2D eigenvalue weighted by Gasteiger charge is 2.28. The molecule has 1 atom stereocenters. The molecule has 0 aliphatic heterocycles. The largest absolute Gasteiger partial charge is 0.327 e. The maximum atomic E-state index is 6.40. The van der Waals surface area contributed by atoms with Crippen LogP contribution in [0.4, 0.5) is 0 Å². The number of benzene rings is 1. The van der Waals surface area contributed by atoms with E-state index in [2.05, 4.69) is 59.0 Å². The molecule has 0 aliphatic rings. The van der Waals surface area contributed by atoms with Gasteiger partial charge in [-0.1, -0.05) is 44.2 Å². The molecular formula is C16H19BrN2. The summed E-state index contributed by atoms with van der Waals surface area (Å²) in [6, 6.07) is 14.5. The van der Waals surface area contributed by atoms with Gasteiger partial charge >= 0.3 is 0 Å². The lowest BCUT2D eigenvalue weighted by molar-refractivity contribution is 0.404. The molecule has 0 bridgehead atoms. The van der Waals surface area contributed by atoms with Crippen LogP contribution in [0.5, 0.6) is 0 Å². The van der Waals surface area contributed by atoms with Crippen molar-refractivity contribution in [3.8, 4) is 0 Å². The van der Waals surface area contributed by atoms with E-state index in [4.69, 9.17) is 5.73 Å². The first-order valence-corrected chi connectivity index (χ1v) is 7.21. The molecule has 0 saturated heterocycles. The number of aromatic nitrogens is 1. The van der Waals surface area contributed by atoms with Crippen molar-refractivity contribution >= 4 is 15.9 Å². The Morgan fingerprint density at radius 3 is 2.42 bits per heavy atom. The highest BCUT2D eigenvalue weighted by Crippen LogP contribution is 2.27. The molecule has 0 radical (unpaired) electrons. The summed E-state index contributed by atoms with van der Waals surface area (Å²) in [6.45, 7) is 4.37. The lowest BCUT2D eigenvalue weighted by Crippen LogP contribution is -2.42. The fourth-order valence-electron chi connectivity index (χ4n) is 2.09. The van der Waals surface area contributed by atoms with Crippen molar-refractivity contribution in [2.75, 3.05) is 0 Å². The van der Waals surface area contributed by atoms with E-state index in [-0.39, 0.29) is 11.5 Å². The molecule has 0 amide bonds. The summed E-state index contributed by atoms with van der Waals surface area (Å²) in [4.78, 5) is 4.40. The molecule has 0 saturated carbocycles. The van der Waals surface area contributed by atoms with Gasteiger partial charge in [-0.3, -0.25) is 4.98 Å². The van der Waals surface area contributed by atoms with Crippen molar-refractivity contribution < 1.29 is 0 Å². The second kappa shape index (κ2) is 5.85. The van der Waals surface area contributed by atoms with Crippen LogP contribution in [-0.4, -0.2) is 11.0 Å². The Hall–Kier alpha value is -1.19. The van der Waals surface area contributed by atoms with E-state index in [0.717, 1.165) is 16.6 Å². The van der Waals surface area contributed by atoms with Gasteiger partial charge in [-0.25, -0.2) is 0 Å². The molecule has 2 N–H and O–H groups in total. The Labute approximate surface area is 123 Å². The lowest BCUT2D eigenvalue weighted by Gasteiger charge is -2.32. The van der Waals surface area contributed by atoms with Crippen LogP contribution in [0.1, 0.15) is 25.1 Å². The number of pyridine rings is 1. The zero-order valence-corrected chi connectivity index (χ0v) is 12.9. The Kier molecular flexibility index (Phi) is 4.38. The minimum atomic E-state index is -0.0734. The summed E-state index contributed by atoms with van der Waals surface area (Å²) >= 11 is 3.39. The molecule has 19 heavy (non-hydrogen) atoms. The van der Waals surface area contributed by atoms with Gasteiger partial charge in [-0.2, -0.15) is 0 Å². The van der Waals surface area contributed by atoms with E-state index < -0.39 is 0 Å². The molecule has 0 aliphatic carbocycles. The molecule has 2 aromatic rings. The van der Waals surface area contributed by atoms with Gasteiger partial charge in [0.05, 0.1) is 0 Å². The van der Waals surface area contributed by atoms with E-state index in [1.807, 2.05) is 24.4 Å². The highest BCUT2D eigenvalue weighted by atomic mass is 79.9. The standard InChI is InChI=1S/C16H19BrN2/c1-16(2,12-6-4-3-5-7-12)15(18)10-14-9-8-13(17)11-19-14/h3-9,11,15H,10,18H2,1-2H3. The van der Waals surface area contributed by atoms with Crippen LogP contribution in [0, 0.1) is 0 Å². The van der Waals surface area contributed by atoms with E-state index in [1.54, 1.807) is 0 Å². The van der Waals surface area contributed by atoms with Crippen LogP contribution in [0.2, 0.25) is 0 Å². The number of hydrogen-bond acceptors (Lipinski definition) is 2. The fourth-order valence-corrected chi connectivity index (χ4v) is 2.32. The van der Waals surface area contributed by atoms with Gasteiger partial charge in [-0.15, -0.1) is 0 Å². The average Bonchev–Trinajstić information content (AvgIpc) is 2.42. The molecule has 3 heteroatoms. The van der Waals surface area contributed by atoms with Crippen LogP contribution in [0.3, 0.4) is 0 Å². The van der Waals surface area contributed by atoms with E-state index in [9.17, 15) is 0 Å². The van der Waals surface area contributed by atoms with Crippen LogP contribution in [-0.2, 0) is 11.8 Å². The van der Waals surface area contributed by atoms with Gasteiger partial charge in [0.1, 0.15) is 0 Å². The molecule has 1 aromatic heterocycles. The Bertz CT molecular complexity index is 520. The van der Waals surface area contributed by atoms with Crippen molar-refractivity contribution in [3.05, 3.63) is 64.4 Å². The first kappa shape index (κ1) is 14.2. The zero-order chi connectivity index (χ0) is 13.9.